The van der Waals surface area contributed by atoms with E-state index in [1.807, 2.05) is 13.8 Å². The molecule has 0 aliphatic heterocycles. The minimum absolute atomic E-state index is 0.187. The molecule has 0 saturated carbocycles. The molecule has 0 spiro atoms. The van der Waals surface area contributed by atoms with Crippen molar-refractivity contribution in [3.8, 4) is 0 Å². The maximum Gasteiger partial charge on any atom is 0.0490 e. The van der Waals surface area contributed by atoms with Crippen molar-refractivity contribution in [2.24, 2.45) is 5.41 Å². The summed E-state index contributed by atoms with van der Waals surface area (Å²) in [7, 11) is 0. The van der Waals surface area contributed by atoms with Gasteiger partial charge in [-0.1, -0.05) is 34.6 Å². The quantitative estimate of drug-likeness (QED) is 0.400. The lowest BCUT2D eigenvalue weighted by Gasteiger charge is -2.20. The molecule has 58 valence electrons. The molecule has 0 bridgehead atoms. The van der Waals surface area contributed by atoms with Gasteiger partial charge in [-0.3, -0.25) is 0 Å². The van der Waals surface area contributed by atoms with Crippen LogP contribution in [0, 0.1) is 5.41 Å². The zero-order valence-corrected chi connectivity index (χ0v) is 8.76. The van der Waals surface area contributed by atoms with Crippen LogP contribution < -0.4 is 0 Å². The number of hydrogen-bond donors (Lipinski definition) is 2. The molecule has 0 atom stereocenters. The minimum Gasteiger partial charge on any atom is -0.165 e. The van der Waals surface area contributed by atoms with Crippen molar-refractivity contribution in [1.29, 1.82) is 0 Å². The summed E-state index contributed by atoms with van der Waals surface area (Å²) in [6.07, 6.45) is 0. The van der Waals surface area contributed by atoms with Crippen LogP contribution in [-0.2, 0) is 0 Å². The van der Waals surface area contributed by atoms with E-state index in [1.165, 1.54) is 0 Å². The molecule has 9 heavy (non-hydrogen) atoms. The summed E-state index contributed by atoms with van der Waals surface area (Å²) in [4.78, 5) is 0. The van der Waals surface area contributed by atoms with Gasteiger partial charge in [0.15, 0.2) is 0 Å². The molecule has 0 radical (unpaired) electrons. The summed E-state index contributed by atoms with van der Waals surface area (Å²) in [5.41, 5.74) is 0.228. The fourth-order valence-corrected chi connectivity index (χ4v) is 0. The summed E-state index contributed by atoms with van der Waals surface area (Å²) >= 11 is 8.29. The maximum absolute atomic E-state index is 4.14. The van der Waals surface area contributed by atoms with Crippen LogP contribution in [0.5, 0.6) is 0 Å². The highest BCUT2D eigenvalue weighted by molar-refractivity contribution is 7.99. The van der Waals surface area contributed by atoms with Crippen molar-refractivity contribution in [3.05, 3.63) is 0 Å². The van der Waals surface area contributed by atoms with E-state index in [1.54, 1.807) is 0 Å². The zero-order chi connectivity index (χ0) is 8.08. The lowest BCUT2D eigenvalue weighted by molar-refractivity contribution is 0.463. The van der Waals surface area contributed by atoms with E-state index >= 15 is 0 Å². The Morgan fingerprint density at radius 3 is 1.11 bits per heavy atom. The molecule has 0 heterocycles. The normalized spacial score (nSPS) is 10.7. The van der Waals surface area contributed by atoms with Crippen LogP contribution in [0.3, 0.4) is 0 Å². The third kappa shape index (κ3) is 8.70. The summed E-state index contributed by atoms with van der Waals surface area (Å²) in [5.74, 6) is 0. The summed E-state index contributed by atoms with van der Waals surface area (Å²) in [6, 6.07) is 0. The van der Waals surface area contributed by atoms with Gasteiger partial charge in [0.1, 0.15) is 0 Å². The predicted octanol–water partition coefficient (Wildman–Crippen LogP) is 3.24. The van der Waals surface area contributed by atoms with E-state index in [2.05, 4.69) is 46.0 Å². The highest BCUT2D eigenvalue weighted by Crippen LogP contribution is 2.25. The van der Waals surface area contributed by atoms with Gasteiger partial charge < -0.3 is 0 Å². The van der Waals surface area contributed by atoms with Gasteiger partial charge in [0.2, 0.25) is 0 Å². The molecule has 0 aromatic heterocycles. The van der Waals surface area contributed by atoms with Gasteiger partial charge in [-0.25, -0.2) is 0 Å². The average molecular weight is 166 g/mol. The molecule has 0 unspecified atom stereocenters. The van der Waals surface area contributed by atoms with Crippen LogP contribution in [-0.4, -0.2) is 4.58 Å². The Kier molecular flexibility index (Phi) is 7.54. The predicted molar refractivity (Wildman–Crippen MR) is 52.6 cm³/mol. The van der Waals surface area contributed by atoms with Crippen LogP contribution >= 0.6 is 25.3 Å². The second kappa shape index (κ2) is 5.48. The average Bonchev–Trinajstić information content (AvgIpc) is 1.69. The highest BCUT2D eigenvalue weighted by Gasteiger charge is 2.15. The first-order valence-electron chi connectivity index (χ1n) is 3.31. The van der Waals surface area contributed by atoms with Gasteiger partial charge in [-0.15, -0.1) is 0 Å². The summed E-state index contributed by atoms with van der Waals surface area (Å²) in [5, 5.41) is 0. The van der Waals surface area contributed by atoms with Crippen LogP contribution in [0.2, 0.25) is 0 Å². The van der Waals surface area contributed by atoms with Crippen LogP contribution in [0.15, 0.2) is 0 Å². The monoisotopic (exact) mass is 166 g/mol. The first-order chi connectivity index (χ1) is 3.94. The molecule has 0 nitrogen and oxygen atoms in total. The third-order valence-electron chi connectivity index (χ3n) is 0.775. The van der Waals surface area contributed by atoms with E-state index in [0.717, 1.165) is 0 Å². The van der Waals surface area contributed by atoms with E-state index in [4.69, 9.17) is 0 Å². The van der Waals surface area contributed by atoms with Gasteiger partial charge in [0.25, 0.3) is 0 Å². The fourth-order valence-electron chi connectivity index (χ4n) is 0. The van der Waals surface area contributed by atoms with Crippen molar-refractivity contribution in [2.45, 2.75) is 39.2 Å². The molecular formula is C7H18S2. The molecule has 0 rings (SSSR count). The Bertz CT molecular complexity index is 52.4. The lowest BCUT2D eigenvalue weighted by atomic mass is 10.0. The molecule has 0 amide bonds. The molecule has 0 fully saturated rings. The first-order valence-corrected chi connectivity index (χ1v) is 4.34. The van der Waals surface area contributed by atoms with E-state index in [9.17, 15) is 0 Å². The molecular weight excluding hydrogens is 148 g/mol. The Hall–Kier alpha value is 0.700. The molecule has 0 aromatic rings. The van der Waals surface area contributed by atoms with Crippen molar-refractivity contribution >= 4 is 25.3 Å². The number of rotatable bonds is 0. The summed E-state index contributed by atoms with van der Waals surface area (Å²) < 4.78 is 0.187. The number of hydrogen-bond acceptors (Lipinski definition) is 2. The van der Waals surface area contributed by atoms with Crippen molar-refractivity contribution < 1.29 is 0 Å². The molecule has 0 aromatic carbocycles. The van der Waals surface area contributed by atoms with Gasteiger partial charge >= 0.3 is 0 Å². The Labute approximate surface area is 70.2 Å². The van der Waals surface area contributed by atoms with Gasteiger partial charge in [-0.05, 0) is 5.41 Å². The van der Waals surface area contributed by atoms with E-state index in [0.29, 0.717) is 0 Å². The fraction of sp³-hybridized carbons (Fsp3) is 1.00. The molecule has 0 N–H and O–H groups in total. The van der Waals surface area contributed by atoms with Gasteiger partial charge in [0, 0.05) is 4.58 Å². The third-order valence-corrected chi connectivity index (χ3v) is 2.32. The minimum atomic E-state index is 0.187. The second-order valence-corrected chi connectivity index (χ2v) is 4.18. The summed E-state index contributed by atoms with van der Waals surface area (Å²) in [6.45, 7) is 10.3. The Morgan fingerprint density at radius 1 is 1.00 bits per heavy atom. The van der Waals surface area contributed by atoms with E-state index in [-0.39, 0.29) is 10.00 Å². The standard InChI is InChI=1S/C5H12S2.C2H6/c1-5(2,3)4(6)7;1-2/h4,6-7H,1-3H3;1-2H3. The van der Waals surface area contributed by atoms with Crippen molar-refractivity contribution in [3.63, 3.8) is 0 Å². The largest absolute Gasteiger partial charge is 0.165 e. The maximum atomic E-state index is 4.14. The highest BCUT2D eigenvalue weighted by atomic mass is 32.2. The smallest absolute Gasteiger partial charge is 0.0490 e. The van der Waals surface area contributed by atoms with Crippen LogP contribution in [0.25, 0.3) is 0 Å². The Morgan fingerprint density at radius 2 is 1.11 bits per heavy atom. The van der Waals surface area contributed by atoms with E-state index < -0.39 is 0 Å². The van der Waals surface area contributed by atoms with Gasteiger partial charge in [0.05, 0.1) is 0 Å². The second-order valence-electron chi connectivity index (χ2n) is 2.74. The SMILES string of the molecule is CC.CC(C)(C)C(S)S. The molecule has 0 aliphatic rings. The zero-order valence-electron chi connectivity index (χ0n) is 6.97. The topological polar surface area (TPSA) is 0 Å². The molecule has 0 aliphatic carbocycles. The van der Waals surface area contributed by atoms with Crippen LogP contribution in [0.1, 0.15) is 34.6 Å². The Balaban J connectivity index is 0. The van der Waals surface area contributed by atoms with Gasteiger partial charge in [-0.2, -0.15) is 25.3 Å². The number of thiol groups is 2. The van der Waals surface area contributed by atoms with Crippen molar-refractivity contribution in [2.75, 3.05) is 0 Å². The van der Waals surface area contributed by atoms with Crippen molar-refractivity contribution in [1.82, 2.24) is 0 Å². The lowest BCUT2D eigenvalue weighted by Crippen LogP contribution is -2.14. The molecule has 2 heteroatoms. The van der Waals surface area contributed by atoms with Crippen LogP contribution in [0.4, 0.5) is 0 Å². The molecule has 0 saturated heterocycles. The first kappa shape index (κ1) is 12.4.